The molecule has 138 valence electrons. The van der Waals surface area contributed by atoms with Crippen LogP contribution in [0.4, 0.5) is 5.69 Å². The number of carbonyl (C=O) groups is 1. The van der Waals surface area contributed by atoms with Crippen LogP contribution in [-0.4, -0.2) is 55.2 Å². The largest absolute Gasteiger partial charge is 0.383 e. The first-order valence-electron chi connectivity index (χ1n) is 9.04. The lowest BCUT2D eigenvalue weighted by atomic mass is 10.1. The van der Waals surface area contributed by atoms with E-state index in [1.54, 1.807) is 12.3 Å². The van der Waals surface area contributed by atoms with Gasteiger partial charge in [-0.15, -0.1) is 0 Å². The van der Waals surface area contributed by atoms with Gasteiger partial charge in [-0.3, -0.25) is 9.69 Å². The summed E-state index contributed by atoms with van der Waals surface area (Å²) in [7, 11) is 0. The second-order valence-electron chi connectivity index (χ2n) is 6.48. The van der Waals surface area contributed by atoms with E-state index in [2.05, 4.69) is 20.5 Å². The van der Waals surface area contributed by atoms with Gasteiger partial charge in [0, 0.05) is 32.7 Å². The number of aromatic nitrogens is 1. The van der Waals surface area contributed by atoms with E-state index in [1.165, 1.54) is 5.56 Å². The molecule has 2 N–H and O–H groups in total. The van der Waals surface area contributed by atoms with Crippen LogP contribution in [0.3, 0.4) is 0 Å². The third kappa shape index (κ3) is 5.54. The summed E-state index contributed by atoms with van der Waals surface area (Å²) >= 11 is 0. The Balaban J connectivity index is 1.42. The molecule has 0 saturated carbocycles. The molecule has 1 aliphatic rings. The maximum atomic E-state index is 12.2. The maximum Gasteiger partial charge on any atom is 0.270 e. The zero-order valence-corrected chi connectivity index (χ0v) is 15.2. The van der Waals surface area contributed by atoms with Crippen molar-refractivity contribution >= 4 is 11.6 Å². The van der Waals surface area contributed by atoms with Crippen LogP contribution < -0.4 is 10.6 Å². The highest BCUT2D eigenvalue weighted by molar-refractivity contribution is 5.92. The molecule has 2 aromatic rings. The predicted molar refractivity (Wildman–Crippen MR) is 102 cm³/mol. The Bertz CT molecular complexity index is 695. The normalized spacial score (nSPS) is 14.8. The van der Waals surface area contributed by atoms with E-state index < -0.39 is 0 Å². The average molecular weight is 354 g/mol. The topological polar surface area (TPSA) is 66.5 Å². The minimum absolute atomic E-state index is 0.162. The highest BCUT2D eigenvalue weighted by atomic mass is 16.5. The van der Waals surface area contributed by atoms with Crippen LogP contribution in [0.1, 0.15) is 21.6 Å². The summed E-state index contributed by atoms with van der Waals surface area (Å²) < 4.78 is 5.34. The van der Waals surface area contributed by atoms with Crippen molar-refractivity contribution < 1.29 is 9.53 Å². The zero-order chi connectivity index (χ0) is 18.2. The average Bonchev–Trinajstić information content (AvgIpc) is 2.69. The Labute approximate surface area is 154 Å². The van der Waals surface area contributed by atoms with Crippen LogP contribution >= 0.6 is 0 Å². The number of hydrogen-bond donors (Lipinski definition) is 2. The molecule has 1 amide bonds. The first-order chi connectivity index (χ1) is 12.7. The minimum atomic E-state index is -0.162. The number of amides is 1. The lowest BCUT2D eigenvalue weighted by Gasteiger charge is -2.26. The van der Waals surface area contributed by atoms with Gasteiger partial charge in [0.1, 0.15) is 5.69 Å². The Kier molecular flexibility index (Phi) is 6.57. The molecule has 1 aromatic carbocycles. The van der Waals surface area contributed by atoms with E-state index in [4.69, 9.17) is 4.74 Å². The predicted octanol–water partition coefficient (Wildman–Crippen LogP) is 2.06. The fourth-order valence-electron chi connectivity index (χ4n) is 2.79. The van der Waals surface area contributed by atoms with Crippen molar-refractivity contribution in [2.45, 2.75) is 13.5 Å². The quantitative estimate of drug-likeness (QED) is 0.797. The summed E-state index contributed by atoms with van der Waals surface area (Å²) in [6, 6.07) is 11.8. The van der Waals surface area contributed by atoms with Gasteiger partial charge in [-0.25, -0.2) is 4.98 Å². The van der Waals surface area contributed by atoms with Gasteiger partial charge in [-0.2, -0.15) is 0 Å². The van der Waals surface area contributed by atoms with Gasteiger partial charge in [0.05, 0.1) is 25.1 Å². The molecule has 1 aromatic heterocycles. The number of rotatable bonds is 7. The molecule has 0 bridgehead atoms. The van der Waals surface area contributed by atoms with Gasteiger partial charge < -0.3 is 15.4 Å². The maximum absolute atomic E-state index is 12.2. The van der Waals surface area contributed by atoms with Gasteiger partial charge in [0.25, 0.3) is 5.91 Å². The Morgan fingerprint density at radius 3 is 2.62 bits per heavy atom. The molecule has 26 heavy (non-hydrogen) atoms. The SMILES string of the molecule is Cc1ccc(CNC(=O)c2ccc(NCCN3CCOCC3)cn2)cc1. The van der Waals surface area contributed by atoms with Crippen LogP contribution in [0.15, 0.2) is 42.6 Å². The molecule has 0 aliphatic carbocycles. The van der Waals surface area contributed by atoms with E-state index in [0.29, 0.717) is 12.2 Å². The van der Waals surface area contributed by atoms with Crippen molar-refractivity contribution in [1.82, 2.24) is 15.2 Å². The first-order valence-corrected chi connectivity index (χ1v) is 9.04. The summed E-state index contributed by atoms with van der Waals surface area (Å²) in [6.07, 6.45) is 1.71. The van der Waals surface area contributed by atoms with E-state index in [1.807, 2.05) is 37.3 Å². The summed E-state index contributed by atoms with van der Waals surface area (Å²) in [5, 5.41) is 6.24. The number of aryl methyl sites for hydroxylation is 1. The van der Waals surface area contributed by atoms with Crippen molar-refractivity contribution in [2.75, 3.05) is 44.7 Å². The lowest BCUT2D eigenvalue weighted by Crippen LogP contribution is -2.39. The number of benzene rings is 1. The third-order valence-electron chi connectivity index (χ3n) is 4.43. The van der Waals surface area contributed by atoms with Crippen molar-refractivity contribution in [3.8, 4) is 0 Å². The zero-order valence-electron chi connectivity index (χ0n) is 15.2. The molecule has 0 unspecified atom stereocenters. The number of pyridine rings is 1. The van der Waals surface area contributed by atoms with Crippen molar-refractivity contribution in [3.63, 3.8) is 0 Å². The number of ether oxygens (including phenoxy) is 1. The smallest absolute Gasteiger partial charge is 0.270 e. The number of nitrogens with zero attached hydrogens (tertiary/aromatic N) is 2. The second-order valence-corrected chi connectivity index (χ2v) is 6.48. The lowest BCUT2D eigenvalue weighted by molar-refractivity contribution is 0.0398. The number of morpholine rings is 1. The third-order valence-corrected chi connectivity index (χ3v) is 4.43. The summed E-state index contributed by atoms with van der Waals surface area (Å²) in [5.74, 6) is -0.162. The van der Waals surface area contributed by atoms with Crippen LogP contribution in [-0.2, 0) is 11.3 Å². The van der Waals surface area contributed by atoms with Gasteiger partial charge in [-0.1, -0.05) is 29.8 Å². The highest BCUT2D eigenvalue weighted by Crippen LogP contribution is 2.07. The number of anilines is 1. The van der Waals surface area contributed by atoms with Gasteiger partial charge in [0.2, 0.25) is 0 Å². The molecule has 1 fully saturated rings. The van der Waals surface area contributed by atoms with E-state index in [-0.39, 0.29) is 5.91 Å². The van der Waals surface area contributed by atoms with Crippen molar-refractivity contribution in [1.29, 1.82) is 0 Å². The van der Waals surface area contributed by atoms with Crippen molar-refractivity contribution in [2.24, 2.45) is 0 Å². The van der Waals surface area contributed by atoms with Crippen molar-refractivity contribution in [3.05, 3.63) is 59.4 Å². The fraction of sp³-hybridized carbons (Fsp3) is 0.400. The molecule has 0 radical (unpaired) electrons. The van der Waals surface area contributed by atoms with Gasteiger partial charge >= 0.3 is 0 Å². The molecule has 2 heterocycles. The highest BCUT2D eigenvalue weighted by Gasteiger charge is 2.10. The molecule has 1 aliphatic heterocycles. The standard InChI is InChI=1S/C20H26N4O2/c1-16-2-4-17(5-3-16)14-23-20(25)19-7-6-18(15-22-19)21-8-9-24-10-12-26-13-11-24/h2-7,15,21H,8-14H2,1H3,(H,23,25). The number of carbonyl (C=O) groups excluding carboxylic acids is 1. The van der Waals surface area contributed by atoms with Gasteiger partial charge in [-0.05, 0) is 24.6 Å². The summed E-state index contributed by atoms with van der Waals surface area (Å²) in [6.45, 7) is 7.97. The molecule has 6 nitrogen and oxygen atoms in total. The monoisotopic (exact) mass is 354 g/mol. The summed E-state index contributed by atoms with van der Waals surface area (Å²) in [4.78, 5) is 18.8. The molecule has 1 saturated heterocycles. The number of hydrogen-bond acceptors (Lipinski definition) is 5. The molecular formula is C20H26N4O2. The minimum Gasteiger partial charge on any atom is -0.383 e. The molecular weight excluding hydrogens is 328 g/mol. The van der Waals surface area contributed by atoms with E-state index in [0.717, 1.165) is 50.6 Å². The van der Waals surface area contributed by atoms with Crippen LogP contribution in [0, 0.1) is 6.92 Å². The van der Waals surface area contributed by atoms with E-state index in [9.17, 15) is 4.79 Å². The van der Waals surface area contributed by atoms with Crippen LogP contribution in [0.2, 0.25) is 0 Å². The molecule has 3 rings (SSSR count). The van der Waals surface area contributed by atoms with Gasteiger partial charge in [0.15, 0.2) is 0 Å². The first kappa shape index (κ1) is 18.4. The molecule has 0 spiro atoms. The Hall–Kier alpha value is -2.44. The Morgan fingerprint density at radius 2 is 1.92 bits per heavy atom. The van der Waals surface area contributed by atoms with Crippen LogP contribution in [0.25, 0.3) is 0 Å². The van der Waals surface area contributed by atoms with Crippen LogP contribution in [0.5, 0.6) is 0 Å². The molecule has 0 atom stereocenters. The fourth-order valence-corrected chi connectivity index (χ4v) is 2.79. The summed E-state index contributed by atoms with van der Waals surface area (Å²) in [5.41, 5.74) is 3.63. The Morgan fingerprint density at radius 1 is 1.15 bits per heavy atom. The molecule has 6 heteroatoms. The van der Waals surface area contributed by atoms with E-state index >= 15 is 0 Å². The second kappa shape index (κ2) is 9.31. The number of nitrogens with one attached hydrogen (secondary N) is 2.